The Bertz CT molecular complexity index is 551. The molecule has 1 aromatic heterocycles. The van der Waals surface area contributed by atoms with Crippen LogP contribution >= 0.6 is 0 Å². The van der Waals surface area contributed by atoms with Gasteiger partial charge in [-0.1, -0.05) is 0 Å². The van der Waals surface area contributed by atoms with Gasteiger partial charge >= 0.3 is 0 Å². The molecule has 0 saturated heterocycles. The number of phenolic OH excluding ortho intramolecular Hbond substituents is 1. The van der Waals surface area contributed by atoms with Gasteiger partial charge in [0.1, 0.15) is 17.6 Å². The summed E-state index contributed by atoms with van der Waals surface area (Å²) in [6.07, 6.45) is 1.44. The molecular weight excluding hydrogens is 216 g/mol. The molecule has 0 radical (unpaired) electrons. The second-order valence-corrected chi connectivity index (χ2v) is 3.60. The number of pyridine rings is 1. The van der Waals surface area contributed by atoms with E-state index in [0.717, 1.165) is 5.56 Å². The topological polar surface area (TPSA) is 66.1 Å². The summed E-state index contributed by atoms with van der Waals surface area (Å²) in [7, 11) is 0. The van der Waals surface area contributed by atoms with Gasteiger partial charge < -0.3 is 9.84 Å². The van der Waals surface area contributed by atoms with Crippen LogP contribution in [0.15, 0.2) is 36.5 Å². The number of aromatic nitrogens is 1. The van der Waals surface area contributed by atoms with Gasteiger partial charge in [0.15, 0.2) is 0 Å². The van der Waals surface area contributed by atoms with Crippen LogP contribution in [0, 0.1) is 18.3 Å². The van der Waals surface area contributed by atoms with Crippen LogP contribution in [-0.2, 0) is 0 Å². The van der Waals surface area contributed by atoms with E-state index in [4.69, 9.17) is 10.00 Å². The van der Waals surface area contributed by atoms with Gasteiger partial charge in [-0.2, -0.15) is 5.26 Å². The van der Waals surface area contributed by atoms with E-state index in [9.17, 15) is 5.11 Å². The number of nitrogens with zero attached hydrogens (tertiary/aromatic N) is 2. The lowest BCUT2D eigenvalue weighted by atomic mass is 10.2. The number of hydrogen-bond acceptors (Lipinski definition) is 4. The molecule has 0 spiro atoms. The standard InChI is InChI=1S/C13H10N2O2/c1-9-4-11(16)6-12(5-9)17-13-3-2-10(7-14)8-15-13/h2-6,8,16H,1H3. The normalized spacial score (nSPS) is 9.65. The molecule has 0 amide bonds. The van der Waals surface area contributed by atoms with Crippen molar-refractivity contribution >= 4 is 0 Å². The fraction of sp³-hybridized carbons (Fsp3) is 0.0769. The van der Waals surface area contributed by atoms with Crippen molar-refractivity contribution in [3.05, 3.63) is 47.7 Å². The molecule has 4 nitrogen and oxygen atoms in total. The maximum Gasteiger partial charge on any atom is 0.219 e. The lowest BCUT2D eigenvalue weighted by molar-refractivity contribution is 0.445. The Kier molecular flexibility index (Phi) is 2.93. The van der Waals surface area contributed by atoms with E-state index < -0.39 is 0 Å². The number of nitriles is 1. The van der Waals surface area contributed by atoms with Crippen LogP contribution in [0.5, 0.6) is 17.4 Å². The van der Waals surface area contributed by atoms with Gasteiger partial charge in [-0.25, -0.2) is 4.98 Å². The highest BCUT2D eigenvalue weighted by Crippen LogP contribution is 2.25. The first-order chi connectivity index (χ1) is 8.17. The van der Waals surface area contributed by atoms with Crippen molar-refractivity contribution in [2.45, 2.75) is 6.92 Å². The number of ether oxygens (including phenoxy) is 1. The van der Waals surface area contributed by atoms with Crippen molar-refractivity contribution in [3.63, 3.8) is 0 Å². The average molecular weight is 226 g/mol. The molecule has 84 valence electrons. The zero-order chi connectivity index (χ0) is 12.3. The molecule has 0 aliphatic carbocycles. The smallest absolute Gasteiger partial charge is 0.219 e. The van der Waals surface area contributed by atoms with Crippen molar-refractivity contribution in [2.75, 3.05) is 0 Å². The quantitative estimate of drug-likeness (QED) is 0.855. The predicted octanol–water partition coefficient (Wildman–Crippen LogP) is 2.76. The van der Waals surface area contributed by atoms with Crippen molar-refractivity contribution in [1.29, 1.82) is 5.26 Å². The monoisotopic (exact) mass is 226 g/mol. The fourth-order valence-electron chi connectivity index (χ4n) is 1.41. The highest BCUT2D eigenvalue weighted by atomic mass is 16.5. The molecule has 0 aliphatic rings. The highest BCUT2D eigenvalue weighted by molar-refractivity contribution is 5.39. The zero-order valence-corrected chi connectivity index (χ0v) is 9.21. The number of benzene rings is 1. The van der Waals surface area contributed by atoms with Crippen molar-refractivity contribution in [1.82, 2.24) is 4.98 Å². The molecule has 0 unspecified atom stereocenters. The summed E-state index contributed by atoms with van der Waals surface area (Å²) in [4.78, 5) is 3.98. The molecule has 1 aromatic carbocycles. The van der Waals surface area contributed by atoms with Crippen molar-refractivity contribution in [2.24, 2.45) is 0 Å². The minimum atomic E-state index is 0.147. The maximum atomic E-state index is 9.41. The first kappa shape index (κ1) is 11.0. The maximum absolute atomic E-state index is 9.41. The van der Waals surface area contributed by atoms with Crippen LogP contribution in [0.2, 0.25) is 0 Å². The van der Waals surface area contributed by atoms with E-state index in [1.807, 2.05) is 13.0 Å². The van der Waals surface area contributed by atoms with Gasteiger partial charge in [0.2, 0.25) is 5.88 Å². The SMILES string of the molecule is Cc1cc(O)cc(Oc2ccc(C#N)cn2)c1. The molecular formula is C13H10N2O2. The first-order valence-corrected chi connectivity index (χ1v) is 5.02. The van der Waals surface area contributed by atoms with E-state index in [-0.39, 0.29) is 5.75 Å². The Hall–Kier alpha value is -2.54. The molecule has 0 bridgehead atoms. The van der Waals surface area contributed by atoms with Gasteiger partial charge in [0, 0.05) is 18.3 Å². The van der Waals surface area contributed by atoms with E-state index >= 15 is 0 Å². The fourth-order valence-corrected chi connectivity index (χ4v) is 1.41. The summed E-state index contributed by atoms with van der Waals surface area (Å²) in [5.41, 5.74) is 1.37. The minimum Gasteiger partial charge on any atom is -0.508 e. The lowest BCUT2D eigenvalue weighted by Gasteiger charge is -2.06. The lowest BCUT2D eigenvalue weighted by Crippen LogP contribution is -1.88. The number of hydrogen-bond donors (Lipinski definition) is 1. The molecule has 4 heteroatoms. The average Bonchev–Trinajstić information content (AvgIpc) is 2.28. The molecule has 17 heavy (non-hydrogen) atoms. The van der Waals surface area contributed by atoms with Crippen LogP contribution in [-0.4, -0.2) is 10.1 Å². The molecule has 1 N–H and O–H groups in total. The molecule has 0 atom stereocenters. The Morgan fingerprint density at radius 2 is 2.12 bits per heavy atom. The minimum absolute atomic E-state index is 0.147. The van der Waals surface area contributed by atoms with Crippen molar-refractivity contribution < 1.29 is 9.84 Å². The predicted molar refractivity (Wildman–Crippen MR) is 61.9 cm³/mol. The largest absolute Gasteiger partial charge is 0.508 e. The molecule has 0 fully saturated rings. The molecule has 0 saturated carbocycles. The van der Waals surface area contributed by atoms with Gasteiger partial charge in [-0.05, 0) is 30.7 Å². The van der Waals surface area contributed by atoms with Gasteiger partial charge in [0.05, 0.1) is 5.56 Å². The van der Waals surface area contributed by atoms with Crippen LogP contribution < -0.4 is 4.74 Å². The summed E-state index contributed by atoms with van der Waals surface area (Å²) in [5, 5.41) is 18.0. The zero-order valence-electron chi connectivity index (χ0n) is 9.21. The summed E-state index contributed by atoms with van der Waals surface area (Å²) in [6, 6.07) is 10.1. The molecule has 2 rings (SSSR count). The summed E-state index contributed by atoms with van der Waals surface area (Å²) < 4.78 is 5.46. The van der Waals surface area contributed by atoms with E-state index in [1.165, 1.54) is 12.3 Å². The number of aryl methyl sites for hydroxylation is 1. The van der Waals surface area contributed by atoms with Crippen LogP contribution in [0.25, 0.3) is 0 Å². The van der Waals surface area contributed by atoms with Gasteiger partial charge in [0.25, 0.3) is 0 Å². The van der Waals surface area contributed by atoms with Crippen LogP contribution in [0.4, 0.5) is 0 Å². The Labute approximate surface area is 98.7 Å². The Morgan fingerprint density at radius 3 is 2.71 bits per heavy atom. The number of phenols is 1. The van der Waals surface area contributed by atoms with E-state index in [1.54, 1.807) is 24.3 Å². The Morgan fingerprint density at radius 1 is 1.29 bits per heavy atom. The highest BCUT2D eigenvalue weighted by Gasteiger charge is 2.01. The molecule has 2 aromatic rings. The van der Waals surface area contributed by atoms with Gasteiger partial charge in [-0.3, -0.25) is 0 Å². The van der Waals surface area contributed by atoms with Crippen LogP contribution in [0.1, 0.15) is 11.1 Å². The summed E-state index contributed by atoms with van der Waals surface area (Å²) in [6.45, 7) is 1.86. The molecule has 1 heterocycles. The second-order valence-electron chi connectivity index (χ2n) is 3.60. The first-order valence-electron chi connectivity index (χ1n) is 5.02. The second kappa shape index (κ2) is 4.54. The summed E-state index contributed by atoms with van der Waals surface area (Å²) in [5.74, 6) is 1.04. The van der Waals surface area contributed by atoms with Crippen LogP contribution in [0.3, 0.4) is 0 Å². The number of rotatable bonds is 2. The Balaban J connectivity index is 2.22. The van der Waals surface area contributed by atoms with Crippen molar-refractivity contribution in [3.8, 4) is 23.4 Å². The van der Waals surface area contributed by atoms with Gasteiger partial charge in [-0.15, -0.1) is 0 Å². The third-order valence-corrected chi connectivity index (χ3v) is 2.12. The van der Waals surface area contributed by atoms with E-state index in [0.29, 0.717) is 17.2 Å². The molecule has 0 aliphatic heterocycles. The number of aromatic hydroxyl groups is 1. The van der Waals surface area contributed by atoms with E-state index in [2.05, 4.69) is 4.98 Å². The third kappa shape index (κ3) is 2.73. The summed E-state index contributed by atoms with van der Waals surface area (Å²) >= 11 is 0. The third-order valence-electron chi connectivity index (χ3n) is 2.12.